The molecule has 158 valence electrons. The van der Waals surface area contributed by atoms with Crippen LogP contribution >= 0.6 is 0 Å². The fourth-order valence-corrected chi connectivity index (χ4v) is 3.67. The van der Waals surface area contributed by atoms with Gasteiger partial charge in [-0.2, -0.15) is 0 Å². The Morgan fingerprint density at radius 3 is 2.47 bits per heavy atom. The molecule has 1 heterocycles. The Balaban J connectivity index is 1.72. The normalized spacial score (nSPS) is 10.9. The standard InChI is InChI=1S/C26H31FN2O/c1-2-3-4-8-16-26(30)29(19-22-11-6-5-7-12-22)21-25-15-10-17-28(25)20-23-13-9-14-24(27)18-23/h5-7,9-15,17-18H,2-4,8,16,19-21H2,1H3. The van der Waals surface area contributed by atoms with Crippen LogP contribution < -0.4 is 0 Å². The molecule has 3 nitrogen and oxygen atoms in total. The lowest BCUT2D eigenvalue weighted by molar-refractivity contribution is -0.132. The maximum Gasteiger partial charge on any atom is 0.223 e. The quantitative estimate of drug-likeness (QED) is 0.349. The Kier molecular flexibility index (Phi) is 8.25. The fourth-order valence-electron chi connectivity index (χ4n) is 3.67. The van der Waals surface area contributed by atoms with Crippen molar-refractivity contribution in [3.05, 3.63) is 95.6 Å². The van der Waals surface area contributed by atoms with Crippen molar-refractivity contribution in [2.24, 2.45) is 0 Å². The molecule has 4 heteroatoms. The molecule has 1 amide bonds. The average Bonchev–Trinajstić information content (AvgIpc) is 3.18. The van der Waals surface area contributed by atoms with Crippen LogP contribution in [-0.2, 0) is 24.4 Å². The van der Waals surface area contributed by atoms with Crippen molar-refractivity contribution in [1.29, 1.82) is 0 Å². The molecule has 0 aliphatic rings. The number of nitrogens with zero attached hydrogens (tertiary/aromatic N) is 2. The predicted molar refractivity (Wildman–Crippen MR) is 119 cm³/mol. The summed E-state index contributed by atoms with van der Waals surface area (Å²) in [5.41, 5.74) is 3.09. The number of unbranched alkanes of at least 4 members (excludes halogenated alkanes) is 3. The van der Waals surface area contributed by atoms with Crippen molar-refractivity contribution in [2.45, 2.75) is 58.7 Å². The van der Waals surface area contributed by atoms with Crippen LogP contribution in [0.4, 0.5) is 4.39 Å². The first-order valence-electron chi connectivity index (χ1n) is 10.9. The number of benzene rings is 2. The second-order valence-corrected chi connectivity index (χ2v) is 7.80. The monoisotopic (exact) mass is 406 g/mol. The first-order valence-corrected chi connectivity index (χ1v) is 10.9. The fraction of sp³-hybridized carbons (Fsp3) is 0.346. The smallest absolute Gasteiger partial charge is 0.223 e. The molecule has 0 bridgehead atoms. The summed E-state index contributed by atoms with van der Waals surface area (Å²) in [5, 5.41) is 0. The van der Waals surface area contributed by atoms with Gasteiger partial charge in [0.15, 0.2) is 0 Å². The van der Waals surface area contributed by atoms with Crippen LogP contribution in [0.5, 0.6) is 0 Å². The molecule has 0 atom stereocenters. The van der Waals surface area contributed by atoms with Gasteiger partial charge in [0, 0.05) is 31.4 Å². The minimum atomic E-state index is -0.228. The molecule has 30 heavy (non-hydrogen) atoms. The minimum Gasteiger partial charge on any atom is -0.345 e. The number of hydrogen-bond donors (Lipinski definition) is 0. The molecule has 3 aromatic rings. The summed E-state index contributed by atoms with van der Waals surface area (Å²) >= 11 is 0. The zero-order chi connectivity index (χ0) is 21.2. The summed E-state index contributed by atoms with van der Waals surface area (Å²) in [6.45, 7) is 3.91. The molecule has 0 fully saturated rings. The second-order valence-electron chi connectivity index (χ2n) is 7.80. The molecule has 0 aliphatic heterocycles. The largest absolute Gasteiger partial charge is 0.345 e. The van der Waals surface area contributed by atoms with Crippen LogP contribution in [0.1, 0.15) is 55.8 Å². The van der Waals surface area contributed by atoms with E-state index >= 15 is 0 Å². The van der Waals surface area contributed by atoms with Crippen molar-refractivity contribution in [2.75, 3.05) is 0 Å². The highest BCUT2D eigenvalue weighted by molar-refractivity contribution is 5.76. The highest BCUT2D eigenvalue weighted by atomic mass is 19.1. The van der Waals surface area contributed by atoms with Crippen molar-refractivity contribution in [3.8, 4) is 0 Å². The van der Waals surface area contributed by atoms with Gasteiger partial charge in [-0.25, -0.2) is 4.39 Å². The Bertz CT molecular complexity index is 920. The number of carbonyl (C=O) groups excluding carboxylic acids is 1. The van der Waals surface area contributed by atoms with E-state index in [9.17, 15) is 9.18 Å². The van der Waals surface area contributed by atoms with Crippen molar-refractivity contribution < 1.29 is 9.18 Å². The Labute approximate surface area is 179 Å². The summed E-state index contributed by atoms with van der Waals surface area (Å²) in [6.07, 6.45) is 6.93. The molecule has 0 spiro atoms. The number of rotatable bonds is 11. The minimum absolute atomic E-state index is 0.188. The van der Waals surface area contributed by atoms with Gasteiger partial charge >= 0.3 is 0 Å². The lowest BCUT2D eigenvalue weighted by Crippen LogP contribution is -2.30. The molecule has 3 rings (SSSR count). The Hall–Kier alpha value is -2.88. The third-order valence-electron chi connectivity index (χ3n) is 5.33. The van der Waals surface area contributed by atoms with E-state index in [0.717, 1.165) is 36.1 Å². The van der Waals surface area contributed by atoms with Crippen molar-refractivity contribution in [1.82, 2.24) is 9.47 Å². The molecule has 0 aliphatic carbocycles. The lowest BCUT2D eigenvalue weighted by atomic mass is 10.1. The molecule has 0 unspecified atom stereocenters. The second kappa shape index (κ2) is 11.3. The summed E-state index contributed by atoms with van der Waals surface area (Å²) in [5.74, 6) is -0.0392. The lowest BCUT2D eigenvalue weighted by Gasteiger charge is -2.24. The van der Waals surface area contributed by atoms with Gasteiger partial charge in [-0.3, -0.25) is 4.79 Å². The van der Waals surface area contributed by atoms with Crippen LogP contribution in [0.3, 0.4) is 0 Å². The van der Waals surface area contributed by atoms with E-state index in [1.54, 1.807) is 12.1 Å². The average molecular weight is 407 g/mol. The van der Waals surface area contributed by atoms with E-state index in [0.29, 0.717) is 26.1 Å². The predicted octanol–water partition coefficient (Wildman–Crippen LogP) is 6.17. The number of hydrogen-bond acceptors (Lipinski definition) is 1. The molecule has 2 aromatic carbocycles. The third-order valence-corrected chi connectivity index (χ3v) is 5.33. The van der Waals surface area contributed by atoms with Gasteiger partial charge < -0.3 is 9.47 Å². The van der Waals surface area contributed by atoms with Crippen molar-refractivity contribution in [3.63, 3.8) is 0 Å². The highest BCUT2D eigenvalue weighted by Gasteiger charge is 2.16. The first-order chi connectivity index (χ1) is 14.7. The number of halogens is 1. The van der Waals surface area contributed by atoms with Gasteiger partial charge in [-0.1, -0.05) is 68.7 Å². The summed E-state index contributed by atoms with van der Waals surface area (Å²) < 4.78 is 15.7. The topological polar surface area (TPSA) is 25.2 Å². The molecule has 1 aromatic heterocycles. The van der Waals surface area contributed by atoms with E-state index in [4.69, 9.17) is 0 Å². The zero-order valence-corrected chi connectivity index (χ0v) is 17.8. The zero-order valence-electron chi connectivity index (χ0n) is 17.8. The Morgan fingerprint density at radius 1 is 0.900 bits per heavy atom. The highest BCUT2D eigenvalue weighted by Crippen LogP contribution is 2.16. The molecule has 0 saturated heterocycles. The Morgan fingerprint density at radius 2 is 1.70 bits per heavy atom. The van der Waals surface area contributed by atoms with Crippen molar-refractivity contribution >= 4 is 5.91 Å². The molecule has 0 N–H and O–H groups in total. The van der Waals surface area contributed by atoms with Crippen LogP contribution in [0.2, 0.25) is 0 Å². The first kappa shape index (κ1) is 21.8. The van der Waals surface area contributed by atoms with Crippen LogP contribution in [0, 0.1) is 5.82 Å². The van der Waals surface area contributed by atoms with Crippen LogP contribution in [0.15, 0.2) is 72.9 Å². The van der Waals surface area contributed by atoms with Gasteiger partial charge in [0.25, 0.3) is 0 Å². The number of carbonyl (C=O) groups is 1. The van der Waals surface area contributed by atoms with E-state index in [1.165, 1.54) is 12.5 Å². The van der Waals surface area contributed by atoms with E-state index < -0.39 is 0 Å². The van der Waals surface area contributed by atoms with Gasteiger partial charge in [-0.05, 0) is 41.8 Å². The maximum atomic E-state index is 13.6. The maximum absolute atomic E-state index is 13.6. The van der Waals surface area contributed by atoms with E-state index in [-0.39, 0.29) is 11.7 Å². The molecule has 0 radical (unpaired) electrons. The van der Waals surface area contributed by atoms with Gasteiger partial charge in [0.1, 0.15) is 5.82 Å². The SMILES string of the molecule is CCCCCCC(=O)N(Cc1ccccc1)Cc1cccn1Cc1cccc(F)c1. The summed E-state index contributed by atoms with van der Waals surface area (Å²) in [6, 6.07) is 20.8. The van der Waals surface area contributed by atoms with E-state index in [2.05, 4.69) is 23.6 Å². The van der Waals surface area contributed by atoms with Crippen LogP contribution in [-0.4, -0.2) is 15.4 Å². The van der Waals surface area contributed by atoms with Gasteiger partial charge in [-0.15, -0.1) is 0 Å². The number of amides is 1. The third kappa shape index (κ3) is 6.58. The van der Waals surface area contributed by atoms with Gasteiger partial charge in [0.05, 0.1) is 6.54 Å². The molecule has 0 saturated carbocycles. The van der Waals surface area contributed by atoms with Crippen LogP contribution in [0.25, 0.3) is 0 Å². The van der Waals surface area contributed by atoms with E-state index in [1.807, 2.05) is 47.5 Å². The summed E-state index contributed by atoms with van der Waals surface area (Å²) in [4.78, 5) is 15.0. The number of aromatic nitrogens is 1. The van der Waals surface area contributed by atoms with Gasteiger partial charge in [0.2, 0.25) is 5.91 Å². The molecular weight excluding hydrogens is 375 g/mol. The molecular formula is C26H31FN2O. The summed E-state index contributed by atoms with van der Waals surface area (Å²) in [7, 11) is 0.